The van der Waals surface area contributed by atoms with Crippen molar-refractivity contribution < 1.29 is 4.79 Å². The zero-order chi connectivity index (χ0) is 21.8. The van der Waals surface area contributed by atoms with Crippen LogP contribution in [0.15, 0.2) is 79.1 Å². The first-order chi connectivity index (χ1) is 15.0. The first-order valence-electron chi connectivity index (χ1n) is 9.93. The highest BCUT2D eigenvalue weighted by Crippen LogP contribution is 2.21. The van der Waals surface area contributed by atoms with Crippen molar-refractivity contribution in [2.75, 3.05) is 29.6 Å². The molecule has 0 spiro atoms. The SMILES string of the molecule is Cc1nc(Nc2ccc(NC(=O)c3ccc(-n4cccc4)cc3)cc2)cc(N(C)C)n1. The van der Waals surface area contributed by atoms with E-state index >= 15 is 0 Å². The monoisotopic (exact) mass is 412 g/mol. The molecule has 31 heavy (non-hydrogen) atoms. The fourth-order valence-corrected chi connectivity index (χ4v) is 3.12. The molecule has 2 heterocycles. The maximum atomic E-state index is 12.6. The Morgan fingerprint density at radius 2 is 1.55 bits per heavy atom. The van der Waals surface area contributed by atoms with E-state index in [-0.39, 0.29) is 5.91 Å². The summed E-state index contributed by atoms with van der Waals surface area (Å²) >= 11 is 0. The number of benzene rings is 2. The van der Waals surface area contributed by atoms with E-state index in [0.717, 1.165) is 28.7 Å². The summed E-state index contributed by atoms with van der Waals surface area (Å²) in [7, 11) is 3.88. The van der Waals surface area contributed by atoms with Gasteiger partial charge < -0.3 is 20.1 Å². The minimum atomic E-state index is -0.151. The number of hydrogen-bond acceptors (Lipinski definition) is 5. The van der Waals surface area contributed by atoms with Crippen molar-refractivity contribution in [2.24, 2.45) is 0 Å². The molecule has 2 aromatic carbocycles. The number of carbonyl (C=O) groups is 1. The van der Waals surface area contributed by atoms with Gasteiger partial charge in [-0.2, -0.15) is 0 Å². The highest BCUT2D eigenvalue weighted by Gasteiger charge is 2.08. The average molecular weight is 412 g/mol. The molecule has 0 aliphatic carbocycles. The summed E-state index contributed by atoms with van der Waals surface area (Å²) < 4.78 is 1.99. The Morgan fingerprint density at radius 1 is 0.903 bits per heavy atom. The van der Waals surface area contributed by atoms with Gasteiger partial charge in [0.05, 0.1) is 0 Å². The van der Waals surface area contributed by atoms with Gasteiger partial charge in [-0.15, -0.1) is 0 Å². The van der Waals surface area contributed by atoms with Crippen LogP contribution in [0.1, 0.15) is 16.2 Å². The molecular weight excluding hydrogens is 388 g/mol. The molecule has 1 amide bonds. The van der Waals surface area contributed by atoms with E-state index in [9.17, 15) is 4.79 Å². The van der Waals surface area contributed by atoms with E-state index in [1.165, 1.54) is 0 Å². The predicted octanol–water partition coefficient (Wildman–Crippen LogP) is 4.64. The highest BCUT2D eigenvalue weighted by atomic mass is 16.1. The summed E-state index contributed by atoms with van der Waals surface area (Å²) in [6.45, 7) is 1.86. The van der Waals surface area contributed by atoms with E-state index in [2.05, 4.69) is 20.6 Å². The number of nitrogens with zero attached hydrogens (tertiary/aromatic N) is 4. The van der Waals surface area contributed by atoms with Crippen LogP contribution in [-0.2, 0) is 0 Å². The molecule has 156 valence electrons. The number of rotatable bonds is 6. The topological polar surface area (TPSA) is 75.1 Å². The smallest absolute Gasteiger partial charge is 0.255 e. The van der Waals surface area contributed by atoms with Crippen molar-refractivity contribution in [3.63, 3.8) is 0 Å². The Hall–Kier alpha value is -4.13. The van der Waals surface area contributed by atoms with Crippen LogP contribution in [0.3, 0.4) is 0 Å². The summed E-state index contributed by atoms with van der Waals surface area (Å²) in [5.74, 6) is 2.10. The Balaban J connectivity index is 1.41. The van der Waals surface area contributed by atoms with Crippen LogP contribution in [0.5, 0.6) is 0 Å². The second-order valence-electron chi connectivity index (χ2n) is 7.35. The molecule has 2 aromatic heterocycles. The zero-order valence-electron chi connectivity index (χ0n) is 17.7. The number of amides is 1. The van der Waals surface area contributed by atoms with Crippen molar-refractivity contribution in [1.29, 1.82) is 0 Å². The van der Waals surface area contributed by atoms with E-state index in [1.807, 2.05) is 110 Å². The van der Waals surface area contributed by atoms with Crippen molar-refractivity contribution in [2.45, 2.75) is 6.92 Å². The highest BCUT2D eigenvalue weighted by molar-refractivity contribution is 6.04. The minimum absolute atomic E-state index is 0.151. The third-order valence-electron chi connectivity index (χ3n) is 4.73. The van der Waals surface area contributed by atoms with Gasteiger partial charge in [0, 0.05) is 55.2 Å². The van der Waals surface area contributed by atoms with Gasteiger partial charge in [-0.05, 0) is 67.6 Å². The standard InChI is InChI=1S/C24H24N6O/c1-17-25-22(16-23(26-17)29(2)3)27-19-8-10-20(11-9-19)28-24(31)18-6-12-21(13-7-18)30-14-4-5-15-30/h4-16H,1-3H3,(H,28,31)(H,25,26,27). The predicted molar refractivity (Wildman–Crippen MR) is 125 cm³/mol. The van der Waals surface area contributed by atoms with E-state index < -0.39 is 0 Å². The maximum absolute atomic E-state index is 12.6. The quantitative estimate of drug-likeness (QED) is 0.483. The van der Waals surface area contributed by atoms with Crippen LogP contribution in [0.25, 0.3) is 5.69 Å². The molecule has 0 saturated carbocycles. The summed E-state index contributed by atoms with van der Waals surface area (Å²) in [4.78, 5) is 23.3. The van der Waals surface area contributed by atoms with Crippen LogP contribution in [0, 0.1) is 6.92 Å². The molecule has 0 aliphatic heterocycles. The second kappa shape index (κ2) is 8.71. The zero-order valence-corrected chi connectivity index (χ0v) is 17.7. The van der Waals surface area contributed by atoms with E-state index in [4.69, 9.17) is 0 Å². The van der Waals surface area contributed by atoms with E-state index in [0.29, 0.717) is 11.4 Å². The minimum Gasteiger partial charge on any atom is -0.363 e. The molecule has 0 aliphatic rings. The largest absolute Gasteiger partial charge is 0.363 e. The normalized spacial score (nSPS) is 10.5. The summed E-state index contributed by atoms with van der Waals surface area (Å²) in [5.41, 5.74) is 3.20. The third kappa shape index (κ3) is 4.90. The van der Waals surface area contributed by atoms with Gasteiger partial charge in [0.15, 0.2) is 0 Å². The molecule has 0 atom stereocenters. The van der Waals surface area contributed by atoms with Gasteiger partial charge >= 0.3 is 0 Å². The molecule has 0 fully saturated rings. The van der Waals surface area contributed by atoms with Gasteiger partial charge in [-0.3, -0.25) is 4.79 Å². The fourth-order valence-electron chi connectivity index (χ4n) is 3.12. The van der Waals surface area contributed by atoms with Crippen LogP contribution in [0.2, 0.25) is 0 Å². The molecule has 2 N–H and O–H groups in total. The maximum Gasteiger partial charge on any atom is 0.255 e. The Morgan fingerprint density at radius 3 is 2.19 bits per heavy atom. The average Bonchev–Trinajstić information content (AvgIpc) is 3.30. The number of anilines is 4. The van der Waals surface area contributed by atoms with Gasteiger partial charge in [0.25, 0.3) is 5.91 Å². The molecule has 7 heteroatoms. The molecule has 4 aromatic rings. The lowest BCUT2D eigenvalue weighted by Gasteiger charge is -2.14. The van der Waals surface area contributed by atoms with Crippen molar-refractivity contribution in [3.8, 4) is 5.69 Å². The molecular formula is C24H24N6O. The number of nitrogens with one attached hydrogen (secondary N) is 2. The van der Waals surface area contributed by atoms with Gasteiger partial charge in [0.2, 0.25) is 0 Å². The number of aromatic nitrogens is 3. The first-order valence-corrected chi connectivity index (χ1v) is 9.93. The van der Waals surface area contributed by atoms with E-state index in [1.54, 1.807) is 0 Å². The summed E-state index contributed by atoms with van der Waals surface area (Å²) in [5, 5.41) is 6.21. The summed E-state index contributed by atoms with van der Waals surface area (Å²) in [6, 6.07) is 20.8. The number of aryl methyl sites for hydroxylation is 1. The Kier molecular flexibility index (Phi) is 5.66. The van der Waals surface area contributed by atoms with Gasteiger partial charge in [0.1, 0.15) is 17.5 Å². The van der Waals surface area contributed by atoms with Crippen LogP contribution in [-0.4, -0.2) is 34.5 Å². The van der Waals surface area contributed by atoms with Crippen LogP contribution < -0.4 is 15.5 Å². The molecule has 0 saturated heterocycles. The molecule has 0 unspecified atom stereocenters. The van der Waals surface area contributed by atoms with Crippen molar-refractivity contribution in [1.82, 2.24) is 14.5 Å². The number of carbonyl (C=O) groups excluding carboxylic acids is 1. The Bertz CT molecular complexity index is 1170. The second-order valence-corrected chi connectivity index (χ2v) is 7.35. The van der Waals surface area contributed by atoms with Crippen LogP contribution >= 0.6 is 0 Å². The van der Waals surface area contributed by atoms with Gasteiger partial charge in [-0.25, -0.2) is 9.97 Å². The van der Waals surface area contributed by atoms with Crippen LogP contribution in [0.4, 0.5) is 23.0 Å². The fraction of sp³-hybridized carbons (Fsp3) is 0.125. The Labute approximate surface area is 181 Å². The summed E-state index contributed by atoms with van der Waals surface area (Å²) in [6.07, 6.45) is 3.93. The van der Waals surface area contributed by atoms with Crippen molar-refractivity contribution in [3.05, 3.63) is 90.5 Å². The van der Waals surface area contributed by atoms with Gasteiger partial charge in [-0.1, -0.05) is 0 Å². The third-order valence-corrected chi connectivity index (χ3v) is 4.73. The molecule has 4 rings (SSSR count). The molecule has 7 nitrogen and oxygen atoms in total. The van der Waals surface area contributed by atoms with Crippen molar-refractivity contribution >= 4 is 28.9 Å². The first kappa shape index (κ1) is 20.2. The molecule has 0 bridgehead atoms. The molecule has 0 radical (unpaired) electrons. The lowest BCUT2D eigenvalue weighted by atomic mass is 10.2. The number of hydrogen-bond donors (Lipinski definition) is 2. The lowest BCUT2D eigenvalue weighted by Crippen LogP contribution is -2.12. The lowest BCUT2D eigenvalue weighted by molar-refractivity contribution is 0.102.